The molecule has 1 aromatic heterocycles. The molecular weight excluding hydrogens is 264 g/mol. The van der Waals surface area contributed by atoms with Crippen LogP contribution in [0, 0.1) is 0 Å². The van der Waals surface area contributed by atoms with Crippen molar-refractivity contribution >= 4 is 42.6 Å². The second kappa shape index (κ2) is 4.02. The van der Waals surface area contributed by atoms with Crippen LogP contribution in [0.25, 0.3) is 10.2 Å². The quantitative estimate of drug-likeness (QED) is 0.704. The standard InChI is InChI=1S/C8H10N4O3S2/c1-15-5-2-4(9)3-6-7(5)11-8(16-6)12-17(10,13)14/h2-3H,9H2,1H3,(H,11,12)(H2,10,13,14). The Morgan fingerprint density at radius 3 is 2.76 bits per heavy atom. The number of rotatable bonds is 3. The van der Waals surface area contributed by atoms with Gasteiger partial charge in [0.05, 0.1) is 11.8 Å². The molecule has 0 saturated heterocycles. The average Bonchev–Trinajstić information content (AvgIpc) is 2.55. The molecule has 0 aliphatic heterocycles. The maximum atomic E-state index is 10.9. The fourth-order valence-electron chi connectivity index (χ4n) is 1.34. The summed E-state index contributed by atoms with van der Waals surface area (Å²) in [5.74, 6) is 0.485. The van der Waals surface area contributed by atoms with Crippen LogP contribution in [0.15, 0.2) is 12.1 Å². The highest BCUT2D eigenvalue weighted by atomic mass is 32.2. The number of fused-ring (bicyclic) bond motifs is 1. The van der Waals surface area contributed by atoms with Crippen LogP contribution in [-0.2, 0) is 10.2 Å². The number of thiazole rings is 1. The minimum absolute atomic E-state index is 0.173. The Morgan fingerprint density at radius 2 is 2.18 bits per heavy atom. The fraction of sp³-hybridized carbons (Fsp3) is 0.125. The van der Waals surface area contributed by atoms with E-state index >= 15 is 0 Å². The second-order valence-electron chi connectivity index (χ2n) is 3.24. The third-order valence-electron chi connectivity index (χ3n) is 1.93. The molecule has 0 fully saturated rings. The molecule has 2 rings (SSSR count). The van der Waals surface area contributed by atoms with Gasteiger partial charge in [-0.1, -0.05) is 11.3 Å². The maximum Gasteiger partial charge on any atom is 0.298 e. The second-order valence-corrected chi connectivity index (χ2v) is 5.56. The fourth-order valence-corrected chi connectivity index (χ4v) is 2.93. The van der Waals surface area contributed by atoms with Crippen molar-refractivity contribution in [1.82, 2.24) is 4.98 Å². The van der Waals surface area contributed by atoms with Crippen LogP contribution < -0.4 is 20.3 Å². The Morgan fingerprint density at radius 1 is 1.47 bits per heavy atom. The Labute approximate surface area is 102 Å². The van der Waals surface area contributed by atoms with E-state index in [2.05, 4.69) is 9.71 Å². The molecule has 1 heterocycles. The van der Waals surface area contributed by atoms with E-state index in [1.165, 1.54) is 7.11 Å². The molecule has 0 aliphatic rings. The molecule has 1 aromatic carbocycles. The van der Waals surface area contributed by atoms with Crippen LogP contribution in [0.2, 0.25) is 0 Å². The van der Waals surface area contributed by atoms with Crippen LogP contribution >= 0.6 is 11.3 Å². The van der Waals surface area contributed by atoms with Gasteiger partial charge in [0.15, 0.2) is 5.13 Å². The third-order valence-corrected chi connectivity index (χ3v) is 3.46. The SMILES string of the molecule is COc1cc(N)cc2sc(NS(N)(=O)=O)nc12. The monoisotopic (exact) mass is 274 g/mol. The van der Waals surface area contributed by atoms with E-state index in [0.29, 0.717) is 21.7 Å². The lowest BCUT2D eigenvalue weighted by molar-refractivity contribution is 0.419. The molecule has 0 spiro atoms. The lowest BCUT2D eigenvalue weighted by atomic mass is 10.3. The van der Waals surface area contributed by atoms with E-state index in [9.17, 15) is 8.42 Å². The van der Waals surface area contributed by atoms with Crippen molar-refractivity contribution in [3.8, 4) is 5.75 Å². The lowest BCUT2D eigenvalue weighted by Crippen LogP contribution is -2.21. The van der Waals surface area contributed by atoms with Gasteiger partial charge < -0.3 is 10.5 Å². The van der Waals surface area contributed by atoms with E-state index in [-0.39, 0.29) is 5.13 Å². The summed E-state index contributed by atoms with van der Waals surface area (Å²) < 4.78 is 29.7. The highest BCUT2D eigenvalue weighted by Gasteiger charge is 2.12. The summed E-state index contributed by atoms with van der Waals surface area (Å²) in [5.41, 5.74) is 6.73. The van der Waals surface area contributed by atoms with Gasteiger partial charge in [-0.25, -0.2) is 14.8 Å². The molecule has 7 nitrogen and oxygen atoms in total. The van der Waals surface area contributed by atoms with Gasteiger partial charge in [0.25, 0.3) is 10.2 Å². The van der Waals surface area contributed by atoms with Gasteiger partial charge in [-0.3, -0.25) is 0 Å². The molecular formula is C8H10N4O3S2. The molecule has 9 heteroatoms. The Kier molecular flexibility index (Phi) is 2.81. The first-order valence-electron chi connectivity index (χ1n) is 4.43. The van der Waals surface area contributed by atoms with Crippen molar-refractivity contribution in [2.75, 3.05) is 17.6 Å². The number of nitrogens with two attached hydrogens (primary N) is 2. The number of nitrogens with one attached hydrogen (secondary N) is 1. The summed E-state index contributed by atoms with van der Waals surface area (Å²) in [7, 11) is -2.34. The van der Waals surface area contributed by atoms with Gasteiger partial charge in [0.1, 0.15) is 11.3 Å². The minimum atomic E-state index is -3.83. The first kappa shape index (κ1) is 11.9. The summed E-state index contributed by atoms with van der Waals surface area (Å²) in [6, 6.07) is 3.30. The van der Waals surface area contributed by atoms with Crippen molar-refractivity contribution in [2.24, 2.45) is 5.14 Å². The van der Waals surface area contributed by atoms with Gasteiger partial charge >= 0.3 is 0 Å². The average molecular weight is 274 g/mol. The predicted molar refractivity (Wildman–Crippen MR) is 67.3 cm³/mol. The number of aromatic nitrogens is 1. The molecule has 0 radical (unpaired) electrons. The predicted octanol–water partition coefficient (Wildman–Crippen LogP) is 0.503. The number of methoxy groups -OCH3 is 1. The zero-order valence-corrected chi connectivity index (χ0v) is 10.4. The summed E-state index contributed by atoms with van der Waals surface area (Å²) >= 11 is 1.13. The van der Waals surface area contributed by atoms with Crippen molar-refractivity contribution < 1.29 is 13.2 Å². The lowest BCUT2D eigenvalue weighted by Gasteiger charge is -2.01. The zero-order chi connectivity index (χ0) is 12.6. The Balaban J connectivity index is 2.57. The Bertz CT molecular complexity index is 665. The molecule has 2 aromatic rings. The summed E-state index contributed by atoms with van der Waals surface area (Å²) in [6.07, 6.45) is 0. The molecule has 0 unspecified atom stereocenters. The highest BCUT2D eigenvalue weighted by Crippen LogP contribution is 2.34. The van der Waals surface area contributed by atoms with E-state index in [4.69, 9.17) is 15.6 Å². The normalized spacial score (nSPS) is 11.6. The van der Waals surface area contributed by atoms with Gasteiger partial charge in [-0.2, -0.15) is 8.42 Å². The molecule has 5 N–H and O–H groups in total. The smallest absolute Gasteiger partial charge is 0.298 e. The first-order valence-corrected chi connectivity index (χ1v) is 6.80. The maximum absolute atomic E-state index is 10.9. The summed E-state index contributed by atoms with van der Waals surface area (Å²) in [4.78, 5) is 4.08. The highest BCUT2D eigenvalue weighted by molar-refractivity contribution is 7.90. The first-order chi connectivity index (χ1) is 7.89. The van der Waals surface area contributed by atoms with Crippen molar-refractivity contribution in [1.29, 1.82) is 0 Å². The topological polar surface area (TPSA) is 120 Å². The molecule has 0 amide bonds. The number of ether oxygens (including phenoxy) is 1. The molecule has 0 bridgehead atoms. The van der Waals surface area contributed by atoms with E-state index in [1.807, 2.05) is 0 Å². The number of hydrogen-bond acceptors (Lipinski definition) is 6. The van der Waals surface area contributed by atoms with Crippen molar-refractivity contribution in [2.45, 2.75) is 0 Å². The van der Waals surface area contributed by atoms with Crippen LogP contribution in [0.3, 0.4) is 0 Å². The molecule has 92 valence electrons. The number of nitrogen functional groups attached to an aromatic ring is 1. The number of anilines is 2. The largest absolute Gasteiger partial charge is 0.494 e. The molecule has 0 aliphatic carbocycles. The van der Waals surface area contributed by atoms with Crippen LogP contribution in [0.5, 0.6) is 5.75 Å². The van der Waals surface area contributed by atoms with Crippen LogP contribution in [0.4, 0.5) is 10.8 Å². The summed E-state index contributed by atoms with van der Waals surface area (Å²) in [5, 5.41) is 5.03. The van der Waals surface area contributed by atoms with E-state index in [1.54, 1.807) is 12.1 Å². The minimum Gasteiger partial charge on any atom is -0.494 e. The van der Waals surface area contributed by atoms with Crippen molar-refractivity contribution in [3.05, 3.63) is 12.1 Å². The van der Waals surface area contributed by atoms with Crippen LogP contribution in [0.1, 0.15) is 0 Å². The van der Waals surface area contributed by atoms with Gasteiger partial charge in [0.2, 0.25) is 0 Å². The number of nitrogens with zero attached hydrogens (tertiary/aromatic N) is 1. The molecule has 17 heavy (non-hydrogen) atoms. The number of hydrogen-bond donors (Lipinski definition) is 3. The van der Waals surface area contributed by atoms with E-state index < -0.39 is 10.2 Å². The van der Waals surface area contributed by atoms with Gasteiger partial charge in [0, 0.05) is 11.8 Å². The molecule has 0 saturated carbocycles. The third kappa shape index (κ3) is 2.57. The summed E-state index contributed by atoms with van der Waals surface area (Å²) in [6.45, 7) is 0. The van der Waals surface area contributed by atoms with Crippen LogP contribution in [-0.4, -0.2) is 20.5 Å². The van der Waals surface area contributed by atoms with Gasteiger partial charge in [-0.15, -0.1) is 0 Å². The van der Waals surface area contributed by atoms with Gasteiger partial charge in [-0.05, 0) is 6.07 Å². The zero-order valence-electron chi connectivity index (χ0n) is 8.80. The Hall–Kier alpha value is -1.58. The molecule has 0 atom stereocenters. The van der Waals surface area contributed by atoms with E-state index in [0.717, 1.165) is 11.3 Å². The van der Waals surface area contributed by atoms with Crippen molar-refractivity contribution in [3.63, 3.8) is 0 Å². The number of benzene rings is 1.